The molecule has 0 bridgehead atoms. The fourth-order valence-electron chi connectivity index (χ4n) is 4.41. The van der Waals surface area contributed by atoms with Crippen LogP contribution in [0, 0.1) is 0 Å². The fourth-order valence-corrected chi connectivity index (χ4v) is 4.41. The quantitative estimate of drug-likeness (QED) is 0.230. The highest BCUT2D eigenvalue weighted by Crippen LogP contribution is 2.39. The average molecular weight is 514 g/mol. The predicted octanol–water partition coefficient (Wildman–Crippen LogP) is 9.66. The number of anilines is 2. The Labute approximate surface area is 234 Å². The van der Waals surface area contributed by atoms with Crippen molar-refractivity contribution in [3.05, 3.63) is 139 Å². The molecule has 0 fully saturated rings. The van der Waals surface area contributed by atoms with E-state index in [-0.39, 0.29) is 10.8 Å². The van der Waals surface area contributed by atoms with E-state index in [1.54, 1.807) is 6.20 Å². The Bertz CT molecular complexity index is 1450. The lowest BCUT2D eigenvalue weighted by atomic mass is 9.80. The second-order valence-electron chi connectivity index (χ2n) is 11.9. The monoisotopic (exact) mass is 513 g/mol. The van der Waals surface area contributed by atoms with E-state index in [0.717, 1.165) is 39.6 Å². The first-order valence-corrected chi connectivity index (χ1v) is 13.4. The highest BCUT2D eigenvalue weighted by molar-refractivity contribution is 5.79. The van der Waals surface area contributed by atoms with E-state index in [1.807, 2.05) is 48.7 Å². The van der Waals surface area contributed by atoms with Gasteiger partial charge in [0.05, 0.1) is 11.4 Å². The lowest BCUT2D eigenvalue weighted by Crippen LogP contribution is -2.21. The smallest absolute Gasteiger partial charge is 0.0702 e. The third-order valence-corrected chi connectivity index (χ3v) is 6.76. The van der Waals surface area contributed by atoms with Crippen LogP contribution in [0.3, 0.4) is 0 Å². The number of nitrogens with zero attached hydrogens (tertiary/aromatic N) is 3. The maximum Gasteiger partial charge on any atom is 0.0702 e. The molecule has 2 aromatic heterocycles. The zero-order chi connectivity index (χ0) is 28.2. The lowest BCUT2D eigenvalue weighted by molar-refractivity contribution is 0.568. The SMILES string of the molecule is C=CC(=CC(=C)c1ccccn1)N(c1cccc(-c2ccccn2)c1)c1cc(C(C)(C)C)cc(C(C)(C)C)c1. The van der Waals surface area contributed by atoms with E-state index in [0.29, 0.717) is 0 Å². The van der Waals surface area contributed by atoms with Gasteiger partial charge in [-0.1, -0.05) is 85.0 Å². The van der Waals surface area contributed by atoms with Crippen molar-refractivity contribution in [2.75, 3.05) is 4.90 Å². The van der Waals surface area contributed by atoms with E-state index >= 15 is 0 Å². The number of aromatic nitrogens is 2. The summed E-state index contributed by atoms with van der Waals surface area (Å²) in [6, 6.07) is 27.3. The second-order valence-corrected chi connectivity index (χ2v) is 11.9. The van der Waals surface area contributed by atoms with Gasteiger partial charge in [0, 0.05) is 35.0 Å². The largest absolute Gasteiger partial charge is 0.310 e. The van der Waals surface area contributed by atoms with Gasteiger partial charge in [-0.3, -0.25) is 9.97 Å². The van der Waals surface area contributed by atoms with Gasteiger partial charge in [0.2, 0.25) is 0 Å². The lowest BCUT2D eigenvalue weighted by Gasteiger charge is -2.32. The van der Waals surface area contributed by atoms with Crippen LogP contribution < -0.4 is 4.90 Å². The molecule has 0 aliphatic carbocycles. The maximum absolute atomic E-state index is 4.59. The summed E-state index contributed by atoms with van der Waals surface area (Å²) in [5.41, 5.74) is 9.15. The Morgan fingerprint density at radius 1 is 0.718 bits per heavy atom. The van der Waals surface area contributed by atoms with Crippen molar-refractivity contribution < 1.29 is 0 Å². The van der Waals surface area contributed by atoms with Gasteiger partial charge >= 0.3 is 0 Å². The standard InChI is InChI=1S/C36H39N3/c1-9-30(21-26(2)33-17-10-12-19-37-33)39(31-16-14-15-27(22-31)34-18-11-13-20-38-34)32-24-28(35(3,4)5)23-29(25-32)36(6,7)8/h9-25H,1-2H2,3-8H3. The number of pyridine rings is 2. The van der Waals surface area contributed by atoms with E-state index < -0.39 is 0 Å². The van der Waals surface area contributed by atoms with E-state index in [4.69, 9.17) is 0 Å². The topological polar surface area (TPSA) is 29.0 Å². The summed E-state index contributed by atoms with van der Waals surface area (Å²) in [6.45, 7) is 22.1. The molecule has 4 aromatic rings. The highest BCUT2D eigenvalue weighted by atomic mass is 15.1. The molecule has 198 valence electrons. The zero-order valence-electron chi connectivity index (χ0n) is 24.1. The summed E-state index contributed by atoms with van der Waals surface area (Å²) in [5.74, 6) is 0. The number of hydrogen-bond donors (Lipinski definition) is 0. The molecule has 3 heteroatoms. The Kier molecular flexibility index (Phi) is 8.01. The van der Waals surface area contributed by atoms with Gasteiger partial charge in [-0.05, 0) is 88.2 Å². The number of hydrogen-bond acceptors (Lipinski definition) is 3. The Morgan fingerprint density at radius 2 is 1.36 bits per heavy atom. The van der Waals surface area contributed by atoms with Crippen molar-refractivity contribution in [1.29, 1.82) is 0 Å². The van der Waals surface area contributed by atoms with E-state index in [1.165, 1.54) is 11.1 Å². The molecule has 0 saturated carbocycles. The molecule has 0 N–H and O–H groups in total. The van der Waals surface area contributed by atoms with Crippen molar-refractivity contribution in [2.24, 2.45) is 0 Å². The molecule has 0 spiro atoms. The Hall–Kier alpha value is -4.24. The summed E-state index contributed by atoms with van der Waals surface area (Å²) >= 11 is 0. The van der Waals surface area contributed by atoms with Gasteiger partial charge < -0.3 is 4.90 Å². The van der Waals surface area contributed by atoms with Crippen molar-refractivity contribution in [1.82, 2.24) is 9.97 Å². The Morgan fingerprint density at radius 3 is 1.90 bits per heavy atom. The summed E-state index contributed by atoms with van der Waals surface area (Å²) in [4.78, 5) is 11.4. The van der Waals surface area contributed by atoms with Crippen LogP contribution in [0.25, 0.3) is 16.8 Å². The molecule has 0 amide bonds. The van der Waals surface area contributed by atoms with Crippen LogP contribution in [0.15, 0.2) is 122 Å². The van der Waals surface area contributed by atoms with Crippen molar-refractivity contribution in [3.8, 4) is 11.3 Å². The van der Waals surface area contributed by atoms with Gasteiger partial charge in [0.25, 0.3) is 0 Å². The summed E-state index contributed by atoms with van der Waals surface area (Å²) in [7, 11) is 0. The van der Waals surface area contributed by atoms with Crippen LogP contribution in [0.1, 0.15) is 58.4 Å². The Balaban J connectivity index is 1.97. The van der Waals surface area contributed by atoms with Crippen LogP contribution in [0.5, 0.6) is 0 Å². The van der Waals surface area contributed by atoms with Crippen molar-refractivity contribution >= 4 is 16.9 Å². The van der Waals surface area contributed by atoms with Crippen molar-refractivity contribution in [3.63, 3.8) is 0 Å². The number of benzene rings is 2. The van der Waals surface area contributed by atoms with E-state index in [2.05, 4.69) is 118 Å². The summed E-state index contributed by atoms with van der Waals surface area (Å²) < 4.78 is 0. The highest BCUT2D eigenvalue weighted by Gasteiger charge is 2.24. The second kappa shape index (κ2) is 11.2. The third kappa shape index (κ3) is 6.61. The minimum Gasteiger partial charge on any atom is -0.310 e. The average Bonchev–Trinajstić information content (AvgIpc) is 2.92. The van der Waals surface area contributed by atoms with Crippen molar-refractivity contribution in [2.45, 2.75) is 52.4 Å². The maximum atomic E-state index is 4.59. The molecule has 0 saturated heterocycles. The summed E-state index contributed by atoms with van der Waals surface area (Å²) in [5, 5.41) is 0. The van der Waals surface area contributed by atoms with Gasteiger partial charge in [-0.2, -0.15) is 0 Å². The number of rotatable bonds is 7. The first-order valence-electron chi connectivity index (χ1n) is 13.4. The molecule has 0 aliphatic heterocycles. The molecule has 0 unspecified atom stereocenters. The first-order chi connectivity index (χ1) is 18.5. The molecular formula is C36H39N3. The molecule has 0 atom stereocenters. The third-order valence-electron chi connectivity index (χ3n) is 6.76. The van der Waals surface area contributed by atoms with Crippen LogP contribution in [0.4, 0.5) is 11.4 Å². The zero-order valence-corrected chi connectivity index (χ0v) is 24.1. The summed E-state index contributed by atoms with van der Waals surface area (Å²) in [6.07, 6.45) is 7.57. The van der Waals surface area contributed by atoms with Crippen LogP contribution in [0.2, 0.25) is 0 Å². The minimum absolute atomic E-state index is 0.0207. The molecule has 0 aliphatic rings. The van der Waals surface area contributed by atoms with Gasteiger partial charge in [0.1, 0.15) is 0 Å². The van der Waals surface area contributed by atoms with Gasteiger partial charge in [-0.15, -0.1) is 0 Å². The van der Waals surface area contributed by atoms with Crippen LogP contribution in [-0.4, -0.2) is 9.97 Å². The normalized spacial score (nSPS) is 12.2. The van der Waals surface area contributed by atoms with E-state index in [9.17, 15) is 0 Å². The van der Waals surface area contributed by atoms with Crippen LogP contribution >= 0.6 is 0 Å². The van der Waals surface area contributed by atoms with Gasteiger partial charge in [0.15, 0.2) is 0 Å². The molecule has 0 radical (unpaired) electrons. The van der Waals surface area contributed by atoms with Crippen LogP contribution in [-0.2, 0) is 10.8 Å². The first kappa shape index (κ1) is 27.8. The number of allylic oxidation sites excluding steroid dienone is 3. The molecule has 39 heavy (non-hydrogen) atoms. The molecular weight excluding hydrogens is 474 g/mol. The van der Waals surface area contributed by atoms with Gasteiger partial charge in [-0.25, -0.2) is 0 Å². The molecule has 3 nitrogen and oxygen atoms in total. The molecule has 2 heterocycles. The molecule has 4 rings (SSSR count). The minimum atomic E-state index is -0.0207. The predicted molar refractivity (Wildman–Crippen MR) is 167 cm³/mol. The fraction of sp³-hybridized carbons (Fsp3) is 0.222. The molecule has 2 aromatic carbocycles.